The number of rotatable bonds is 3. The van der Waals surface area contributed by atoms with Crippen LogP contribution in [0.4, 0.5) is 0 Å². The molecule has 1 aromatic heterocycles. The van der Waals surface area contributed by atoms with Crippen LogP contribution in [0.1, 0.15) is 30.3 Å². The van der Waals surface area contributed by atoms with E-state index in [4.69, 9.17) is 9.97 Å². The Balaban J connectivity index is 2.13. The van der Waals surface area contributed by atoms with Crippen LogP contribution >= 0.6 is 15.9 Å². The van der Waals surface area contributed by atoms with Gasteiger partial charge in [-0.2, -0.15) is 0 Å². The molecule has 1 aromatic carbocycles. The lowest BCUT2D eigenvalue weighted by Crippen LogP contribution is -2.26. The van der Waals surface area contributed by atoms with Gasteiger partial charge in [-0.25, -0.2) is 9.97 Å². The number of halogens is 1. The molecule has 0 aliphatic carbocycles. The normalized spacial score (nSPS) is 14.1. The lowest BCUT2D eigenvalue weighted by molar-refractivity contribution is 0.614. The molecular formula is C16H18BrN3. The number of aryl methyl sites for hydroxylation is 1. The third kappa shape index (κ3) is 2.63. The van der Waals surface area contributed by atoms with Crippen molar-refractivity contribution in [3.05, 3.63) is 45.7 Å². The Labute approximate surface area is 128 Å². The predicted octanol–water partition coefficient (Wildman–Crippen LogP) is 3.50. The summed E-state index contributed by atoms with van der Waals surface area (Å²) in [7, 11) is 0. The monoisotopic (exact) mass is 331 g/mol. The van der Waals surface area contributed by atoms with Crippen LogP contribution in [0, 0.1) is 0 Å². The second-order valence-corrected chi connectivity index (χ2v) is 5.93. The van der Waals surface area contributed by atoms with E-state index in [-0.39, 0.29) is 0 Å². The lowest BCUT2D eigenvalue weighted by Gasteiger charge is -2.20. The summed E-state index contributed by atoms with van der Waals surface area (Å²) in [6, 6.07) is 8.15. The first-order valence-corrected chi connectivity index (χ1v) is 7.93. The van der Waals surface area contributed by atoms with Gasteiger partial charge in [0.2, 0.25) is 0 Å². The summed E-state index contributed by atoms with van der Waals surface area (Å²) < 4.78 is 1.05. The summed E-state index contributed by atoms with van der Waals surface area (Å²) >= 11 is 3.60. The van der Waals surface area contributed by atoms with E-state index in [2.05, 4.69) is 34.2 Å². The van der Waals surface area contributed by atoms with Crippen LogP contribution in [-0.4, -0.2) is 16.5 Å². The molecule has 1 aliphatic rings. The van der Waals surface area contributed by atoms with E-state index in [0.717, 1.165) is 48.2 Å². The Morgan fingerprint density at radius 1 is 1.25 bits per heavy atom. The second kappa shape index (κ2) is 6.02. The minimum atomic E-state index is 0.836. The quantitative estimate of drug-likeness (QED) is 0.935. The van der Waals surface area contributed by atoms with Gasteiger partial charge in [0.15, 0.2) is 5.82 Å². The summed E-state index contributed by atoms with van der Waals surface area (Å²) in [6.07, 6.45) is 3.19. The number of nitrogens with zero attached hydrogens (tertiary/aromatic N) is 2. The van der Waals surface area contributed by atoms with Gasteiger partial charge in [0, 0.05) is 22.3 Å². The molecule has 2 heterocycles. The maximum atomic E-state index is 4.84. The molecule has 3 rings (SSSR count). The molecule has 104 valence electrons. The third-order valence-corrected chi connectivity index (χ3v) is 4.32. The van der Waals surface area contributed by atoms with Crippen LogP contribution in [0.15, 0.2) is 28.7 Å². The van der Waals surface area contributed by atoms with Crippen molar-refractivity contribution in [3.63, 3.8) is 0 Å². The first-order chi connectivity index (χ1) is 9.79. The zero-order chi connectivity index (χ0) is 13.9. The number of fused-ring (bicyclic) bond motifs is 1. The van der Waals surface area contributed by atoms with Crippen LogP contribution in [0.3, 0.4) is 0 Å². The van der Waals surface area contributed by atoms with E-state index >= 15 is 0 Å². The highest BCUT2D eigenvalue weighted by Gasteiger charge is 2.18. The molecule has 0 fully saturated rings. The van der Waals surface area contributed by atoms with Gasteiger partial charge in [0.05, 0.1) is 5.69 Å². The van der Waals surface area contributed by atoms with E-state index in [9.17, 15) is 0 Å². The average molecular weight is 332 g/mol. The highest BCUT2D eigenvalue weighted by molar-refractivity contribution is 9.10. The molecule has 0 atom stereocenters. The van der Waals surface area contributed by atoms with Crippen molar-refractivity contribution in [2.45, 2.75) is 32.7 Å². The molecule has 1 N–H and O–H groups in total. The van der Waals surface area contributed by atoms with Crippen molar-refractivity contribution in [2.24, 2.45) is 0 Å². The molecule has 2 aromatic rings. The van der Waals surface area contributed by atoms with Crippen molar-refractivity contribution < 1.29 is 0 Å². The molecule has 0 spiro atoms. The summed E-state index contributed by atoms with van der Waals surface area (Å²) in [6.45, 7) is 4.08. The minimum Gasteiger partial charge on any atom is -0.311 e. The molecule has 3 nitrogen and oxygen atoms in total. The van der Waals surface area contributed by atoms with Gasteiger partial charge in [-0.3, -0.25) is 0 Å². The second-order valence-electron chi connectivity index (χ2n) is 5.08. The highest BCUT2D eigenvalue weighted by Crippen LogP contribution is 2.27. The maximum Gasteiger partial charge on any atom is 0.160 e. The Kier molecular flexibility index (Phi) is 4.13. The zero-order valence-corrected chi connectivity index (χ0v) is 13.2. The van der Waals surface area contributed by atoms with Gasteiger partial charge in [-0.15, -0.1) is 0 Å². The number of hydrogen-bond acceptors (Lipinski definition) is 3. The molecule has 0 unspecified atom stereocenters. The number of nitrogens with one attached hydrogen (secondary N) is 1. The van der Waals surface area contributed by atoms with Crippen LogP contribution in [-0.2, 0) is 19.4 Å². The van der Waals surface area contributed by atoms with Gasteiger partial charge in [0.25, 0.3) is 0 Å². The fraction of sp³-hybridized carbons (Fsp3) is 0.375. The standard InChI is InChI=1S/C16H18BrN3/c1-2-5-14-12-8-9-18-10-15(12)20-16(19-14)11-6-3-4-7-13(11)17/h3-4,6-7,18H,2,5,8-10H2,1H3. The SMILES string of the molecule is CCCc1nc(-c2ccccc2Br)nc2c1CCNC2. The van der Waals surface area contributed by atoms with Crippen molar-refractivity contribution in [2.75, 3.05) is 6.54 Å². The Bertz CT molecular complexity index is 625. The first-order valence-electron chi connectivity index (χ1n) is 7.14. The topological polar surface area (TPSA) is 37.8 Å². The van der Waals surface area contributed by atoms with Gasteiger partial charge in [-0.05, 0) is 31.0 Å². The number of aromatic nitrogens is 2. The molecular weight excluding hydrogens is 314 g/mol. The average Bonchev–Trinajstić information content (AvgIpc) is 2.48. The van der Waals surface area contributed by atoms with Crippen molar-refractivity contribution in [1.82, 2.24) is 15.3 Å². The molecule has 20 heavy (non-hydrogen) atoms. The predicted molar refractivity (Wildman–Crippen MR) is 84.6 cm³/mol. The van der Waals surface area contributed by atoms with E-state index in [1.165, 1.54) is 17.0 Å². The van der Waals surface area contributed by atoms with Crippen molar-refractivity contribution in [3.8, 4) is 11.4 Å². The summed E-state index contributed by atoms with van der Waals surface area (Å²) in [5, 5.41) is 3.40. The number of hydrogen-bond donors (Lipinski definition) is 1. The molecule has 4 heteroatoms. The van der Waals surface area contributed by atoms with E-state index in [1.54, 1.807) is 0 Å². The fourth-order valence-corrected chi connectivity index (χ4v) is 3.11. The van der Waals surface area contributed by atoms with Gasteiger partial charge < -0.3 is 5.32 Å². The zero-order valence-electron chi connectivity index (χ0n) is 11.6. The highest BCUT2D eigenvalue weighted by atomic mass is 79.9. The largest absolute Gasteiger partial charge is 0.311 e. The first kappa shape index (κ1) is 13.7. The summed E-state index contributed by atoms with van der Waals surface area (Å²) in [5.41, 5.74) is 4.82. The van der Waals surface area contributed by atoms with E-state index in [0.29, 0.717) is 0 Å². The smallest absolute Gasteiger partial charge is 0.160 e. The summed E-state index contributed by atoms with van der Waals surface area (Å²) in [5.74, 6) is 0.836. The van der Waals surface area contributed by atoms with E-state index < -0.39 is 0 Å². The maximum absolute atomic E-state index is 4.84. The van der Waals surface area contributed by atoms with Crippen molar-refractivity contribution >= 4 is 15.9 Å². The van der Waals surface area contributed by atoms with Gasteiger partial charge in [-0.1, -0.05) is 47.5 Å². The van der Waals surface area contributed by atoms with Crippen LogP contribution in [0.25, 0.3) is 11.4 Å². The molecule has 0 bridgehead atoms. The van der Waals surface area contributed by atoms with Crippen LogP contribution in [0.5, 0.6) is 0 Å². The molecule has 0 radical (unpaired) electrons. The van der Waals surface area contributed by atoms with Gasteiger partial charge >= 0.3 is 0 Å². The molecule has 0 saturated carbocycles. The Morgan fingerprint density at radius 3 is 2.90 bits per heavy atom. The van der Waals surface area contributed by atoms with Crippen LogP contribution < -0.4 is 5.32 Å². The van der Waals surface area contributed by atoms with Gasteiger partial charge in [0.1, 0.15) is 0 Å². The van der Waals surface area contributed by atoms with E-state index in [1.807, 2.05) is 18.2 Å². The Morgan fingerprint density at radius 2 is 2.10 bits per heavy atom. The van der Waals surface area contributed by atoms with Crippen LogP contribution in [0.2, 0.25) is 0 Å². The molecule has 0 amide bonds. The molecule has 0 saturated heterocycles. The number of benzene rings is 1. The minimum absolute atomic E-state index is 0.836. The Hall–Kier alpha value is -1.26. The summed E-state index contributed by atoms with van der Waals surface area (Å²) in [4.78, 5) is 9.62. The third-order valence-electron chi connectivity index (χ3n) is 3.62. The van der Waals surface area contributed by atoms with Crippen molar-refractivity contribution in [1.29, 1.82) is 0 Å². The lowest BCUT2D eigenvalue weighted by atomic mass is 10.0. The fourth-order valence-electron chi connectivity index (χ4n) is 2.64. The molecule has 1 aliphatic heterocycles.